The van der Waals surface area contributed by atoms with Crippen molar-refractivity contribution in [3.05, 3.63) is 114 Å². The van der Waals surface area contributed by atoms with Crippen LogP contribution in [0.25, 0.3) is 6.08 Å². The number of halogens is 3. The van der Waals surface area contributed by atoms with Crippen LogP contribution in [0.2, 0.25) is 0 Å². The predicted octanol–water partition coefficient (Wildman–Crippen LogP) is 7.45. The molecule has 0 fully saturated rings. The van der Waals surface area contributed by atoms with Gasteiger partial charge in [-0.3, -0.25) is 0 Å². The second-order valence-electron chi connectivity index (χ2n) is 7.97. The highest BCUT2D eigenvalue weighted by Gasteiger charge is 2.48. The molecule has 0 amide bonds. The van der Waals surface area contributed by atoms with E-state index < -0.39 is 23.8 Å². The molecule has 0 aromatic heterocycles. The molecule has 0 saturated carbocycles. The third-order valence-corrected chi connectivity index (χ3v) is 5.14. The van der Waals surface area contributed by atoms with Gasteiger partial charge in [-0.15, -0.1) is 0 Å². The second-order valence-corrected chi connectivity index (χ2v) is 7.97. The van der Waals surface area contributed by atoms with Crippen LogP contribution in [0.3, 0.4) is 0 Å². The van der Waals surface area contributed by atoms with Crippen LogP contribution in [0.1, 0.15) is 5.56 Å². The van der Waals surface area contributed by atoms with Crippen LogP contribution in [0.15, 0.2) is 109 Å². The smallest absolute Gasteiger partial charge is 0.430 e. The quantitative estimate of drug-likeness (QED) is 0.283. The number of aliphatic carboxylic acids is 1. The van der Waals surface area contributed by atoms with Gasteiger partial charge >= 0.3 is 12.1 Å². The highest BCUT2D eigenvalue weighted by molar-refractivity contribution is 5.95. The molecule has 1 aliphatic heterocycles. The molecule has 1 aliphatic rings. The van der Waals surface area contributed by atoms with E-state index in [4.69, 9.17) is 19.3 Å². The SMILES string of the molecule is O=C(O)C1=Cc2ccc(Oc3ccccc3)cc2OC1C(F)(F)F.Oc1cccc(Oc2ccccc2)c1. The van der Waals surface area contributed by atoms with Crippen molar-refractivity contribution in [1.82, 2.24) is 0 Å². The number of para-hydroxylation sites is 2. The number of ether oxygens (including phenoxy) is 3. The maximum absolute atomic E-state index is 13.0. The molecule has 9 heteroatoms. The van der Waals surface area contributed by atoms with E-state index in [-0.39, 0.29) is 22.8 Å². The van der Waals surface area contributed by atoms with E-state index in [9.17, 15) is 23.1 Å². The lowest BCUT2D eigenvalue weighted by Crippen LogP contribution is -2.40. The van der Waals surface area contributed by atoms with Gasteiger partial charge in [0.1, 0.15) is 34.5 Å². The number of hydrogen-bond donors (Lipinski definition) is 2. The number of fused-ring (bicyclic) bond motifs is 1. The van der Waals surface area contributed by atoms with Crippen molar-refractivity contribution in [2.24, 2.45) is 0 Å². The molecular formula is C29H21F3O6. The summed E-state index contributed by atoms with van der Waals surface area (Å²) in [5.41, 5.74) is -0.611. The number of aromatic hydroxyl groups is 1. The van der Waals surface area contributed by atoms with E-state index in [0.717, 1.165) is 11.8 Å². The summed E-state index contributed by atoms with van der Waals surface area (Å²) in [6.07, 6.45) is -6.39. The Morgan fingerprint density at radius 3 is 1.82 bits per heavy atom. The zero-order valence-electron chi connectivity index (χ0n) is 19.6. The van der Waals surface area contributed by atoms with Gasteiger partial charge in [0.15, 0.2) is 0 Å². The molecule has 0 bridgehead atoms. The molecule has 5 rings (SSSR count). The fourth-order valence-electron chi connectivity index (χ4n) is 3.45. The van der Waals surface area contributed by atoms with Gasteiger partial charge in [-0.25, -0.2) is 4.79 Å². The zero-order valence-corrected chi connectivity index (χ0v) is 19.6. The number of hydrogen-bond acceptors (Lipinski definition) is 5. The summed E-state index contributed by atoms with van der Waals surface area (Å²) in [5.74, 6) is 0.645. The average molecular weight is 522 g/mol. The highest BCUT2D eigenvalue weighted by Crippen LogP contribution is 2.39. The van der Waals surface area contributed by atoms with E-state index in [1.54, 1.807) is 54.6 Å². The number of carboxylic acids is 1. The summed E-state index contributed by atoms with van der Waals surface area (Å²) in [4.78, 5) is 11.1. The largest absolute Gasteiger partial charge is 0.508 e. The Morgan fingerprint density at radius 1 is 0.737 bits per heavy atom. The lowest BCUT2D eigenvalue weighted by atomic mass is 10.0. The van der Waals surface area contributed by atoms with Crippen molar-refractivity contribution < 1.29 is 42.4 Å². The standard InChI is InChI=1S/C17H11F3O4.C12H10O2/c18-17(19,20)15-13(16(21)22)8-10-6-7-12(9-14(10)24-15)23-11-4-2-1-3-5-11;13-10-5-4-8-12(9-10)14-11-6-2-1-3-7-11/h1-9,15H,(H,21,22);1-9,13H. The number of rotatable bonds is 5. The Bertz CT molecular complexity index is 1420. The van der Waals surface area contributed by atoms with Crippen molar-refractivity contribution in [3.63, 3.8) is 0 Å². The van der Waals surface area contributed by atoms with Gasteiger partial charge in [0, 0.05) is 17.7 Å². The number of benzene rings is 4. The molecular weight excluding hydrogens is 501 g/mol. The zero-order chi connectivity index (χ0) is 27.1. The Hall–Kier alpha value is -4.92. The minimum atomic E-state index is -4.84. The molecule has 4 aromatic carbocycles. The fourth-order valence-corrected chi connectivity index (χ4v) is 3.45. The molecule has 0 aliphatic carbocycles. The van der Waals surface area contributed by atoms with E-state index in [1.165, 1.54) is 18.2 Å². The molecule has 1 atom stereocenters. The monoisotopic (exact) mass is 522 g/mol. The fraction of sp³-hybridized carbons (Fsp3) is 0.0690. The molecule has 1 heterocycles. The summed E-state index contributed by atoms with van der Waals surface area (Å²) in [6, 6.07) is 29.2. The average Bonchev–Trinajstić information content (AvgIpc) is 2.89. The van der Waals surface area contributed by atoms with Gasteiger partial charge in [-0.05, 0) is 54.6 Å². The van der Waals surface area contributed by atoms with Crippen molar-refractivity contribution in [2.45, 2.75) is 12.3 Å². The number of phenolic OH excluding ortho intramolecular Hbond substituents is 1. The first-order chi connectivity index (χ1) is 18.2. The van der Waals surface area contributed by atoms with Crippen molar-refractivity contribution in [2.75, 3.05) is 0 Å². The van der Waals surface area contributed by atoms with Crippen molar-refractivity contribution in [1.29, 1.82) is 0 Å². The minimum absolute atomic E-state index is 0.0873. The summed E-state index contributed by atoms with van der Waals surface area (Å²) in [6.45, 7) is 0. The molecule has 2 N–H and O–H groups in total. The summed E-state index contributed by atoms with van der Waals surface area (Å²) < 4.78 is 55.0. The summed E-state index contributed by atoms with van der Waals surface area (Å²) in [7, 11) is 0. The number of carbonyl (C=O) groups is 1. The third-order valence-electron chi connectivity index (χ3n) is 5.14. The van der Waals surface area contributed by atoms with Gasteiger partial charge in [0.25, 0.3) is 0 Å². The summed E-state index contributed by atoms with van der Waals surface area (Å²) >= 11 is 0. The molecule has 0 radical (unpaired) electrons. The Balaban J connectivity index is 0.000000204. The first kappa shape index (κ1) is 26.2. The van der Waals surface area contributed by atoms with E-state index >= 15 is 0 Å². The van der Waals surface area contributed by atoms with Crippen molar-refractivity contribution >= 4 is 12.0 Å². The molecule has 38 heavy (non-hydrogen) atoms. The Morgan fingerprint density at radius 2 is 1.29 bits per heavy atom. The Kier molecular flexibility index (Phi) is 7.86. The van der Waals surface area contributed by atoms with E-state index in [1.807, 2.05) is 30.3 Å². The number of carboxylic acid groups (broad SMARTS) is 1. The van der Waals surface area contributed by atoms with Gasteiger partial charge in [-0.2, -0.15) is 13.2 Å². The molecule has 6 nitrogen and oxygen atoms in total. The van der Waals surface area contributed by atoms with Crippen LogP contribution in [0, 0.1) is 0 Å². The topological polar surface area (TPSA) is 85.2 Å². The van der Waals surface area contributed by atoms with Gasteiger partial charge in [-0.1, -0.05) is 42.5 Å². The molecule has 4 aromatic rings. The van der Waals surface area contributed by atoms with Crippen LogP contribution < -0.4 is 14.2 Å². The van der Waals surface area contributed by atoms with Crippen LogP contribution >= 0.6 is 0 Å². The van der Waals surface area contributed by atoms with E-state index in [2.05, 4.69) is 0 Å². The van der Waals surface area contributed by atoms with Crippen LogP contribution in [-0.2, 0) is 4.79 Å². The molecule has 1 unspecified atom stereocenters. The highest BCUT2D eigenvalue weighted by atomic mass is 19.4. The lowest BCUT2D eigenvalue weighted by Gasteiger charge is -2.27. The minimum Gasteiger partial charge on any atom is -0.508 e. The molecule has 0 spiro atoms. The van der Waals surface area contributed by atoms with Gasteiger partial charge in [0.05, 0.1) is 5.57 Å². The van der Waals surface area contributed by atoms with Gasteiger partial charge in [0.2, 0.25) is 6.10 Å². The summed E-state index contributed by atoms with van der Waals surface area (Å²) in [5, 5.41) is 18.2. The van der Waals surface area contributed by atoms with Crippen LogP contribution in [0.5, 0.6) is 34.5 Å². The maximum atomic E-state index is 13.0. The number of alkyl halides is 3. The van der Waals surface area contributed by atoms with Crippen molar-refractivity contribution in [3.8, 4) is 34.5 Å². The molecule has 0 saturated heterocycles. The number of phenols is 1. The maximum Gasteiger partial charge on any atom is 0.430 e. The Labute approximate surface area is 215 Å². The molecule has 194 valence electrons. The first-order valence-corrected chi connectivity index (χ1v) is 11.3. The van der Waals surface area contributed by atoms with Crippen LogP contribution in [0.4, 0.5) is 13.2 Å². The first-order valence-electron chi connectivity index (χ1n) is 11.3. The van der Waals surface area contributed by atoms with E-state index in [0.29, 0.717) is 11.5 Å². The van der Waals surface area contributed by atoms with Crippen LogP contribution in [-0.4, -0.2) is 28.5 Å². The third kappa shape index (κ3) is 6.85. The predicted molar refractivity (Wildman–Crippen MR) is 134 cm³/mol. The normalized spacial score (nSPS) is 14.1. The second kappa shape index (κ2) is 11.4. The lowest BCUT2D eigenvalue weighted by molar-refractivity contribution is -0.187. The van der Waals surface area contributed by atoms with Gasteiger partial charge < -0.3 is 24.4 Å².